The molecule has 0 unspecified atom stereocenters. The molecule has 1 atom stereocenters. The molecule has 1 aliphatic rings. The number of anilines is 3. The average molecular weight is 499 g/mol. The molecule has 2 aromatic carbocycles. The van der Waals surface area contributed by atoms with Gasteiger partial charge in [0.2, 0.25) is 11.2 Å². The highest BCUT2D eigenvalue weighted by Gasteiger charge is 2.37. The summed E-state index contributed by atoms with van der Waals surface area (Å²) in [5.41, 5.74) is 2.51. The van der Waals surface area contributed by atoms with Gasteiger partial charge in [0.1, 0.15) is 5.00 Å². The molecule has 0 fully saturated rings. The van der Waals surface area contributed by atoms with Crippen molar-refractivity contribution in [2.75, 3.05) is 23.0 Å². The molecular formula is C22H16F3N7O2S. The molecule has 3 N–H and O–H groups in total. The molecule has 0 spiro atoms. The molecule has 0 saturated heterocycles. The third-order valence-corrected chi connectivity index (χ3v) is 6.10. The number of carbonyl (C=O) groups excluding carboxylic acids is 1. The number of hydrogen-bond acceptors (Lipinski definition) is 9. The van der Waals surface area contributed by atoms with Crippen LogP contribution in [0.15, 0.2) is 64.0 Å². The number of rotatable bonds is 5. The van der Waals surface area contributed by atoms with Crippen molar-refractivity contribution in [3.05, 3.63) is 70.7 Å². The van der Waals surface area contributed by atoms with Crippen LogP contribution in [0.1, 0.15) is 16.1 Å². The highest BCUT2D eigenvalue weighted by molar-refractivity contribution is 7.16. The molecule has 13 heteroatoms. The van der Waals surface area contributed by atoms with E-state index in [1.807, 2.05) is 42.5 Å². The topological polar surface area (TPSA) is 117 Å². The minimum absolute atomic E-state index is 0.111. The molecular weight excluding hydrogens is 483 g/mol. The number of fused-ring (bicyclic) bond motifs is 1. The van der Waals surface area contributed by atoms with Gasteiger partial charge in [-0.3, -0.25) is 4.79 Å². The number of nitrogens with one attached hydrogen (secondary N) is 3. The van der Waals surface area contributed by atoms with E-state index in [0.717, 1.165) is 11.1 Å². The van der Waals surface area contributed by atoms with Crippen molar-refractivity contribution in [1.82, 2.24) is 15.2 Å². The molecule has 0 saturated carbocycles. The average Bonchev–Trinajstić information content (AvgIpc) is 3.46. The van der Waals surface area contributed by atoms with Gasteiger partial charge in [0.05, 0.1) is 11.4 Å². The SMILES string of the molecule is CNc1sc(C(F)(F)F)nc1-c1nnc(N[C@H]2N=C(c3ccccc3)c3ccccc3NC2=O)o1. The number of amides is 1. The van der Waals surface area contributed by atoms with E-state index in [-0.39, 0.29) is 22.6 Å². The first-order chi connectivity index (χ1) is 16.8. The second kappa shape index (κ2) is 8.83. The van der Waals surface area contributed by atoms with Crippen molar-refractivity contribution in [1.29, 1.82) is 0 Å². The van der Waals surface area contributed by atoms with Crippen LogP contribution in [-0.4, -0.2) is 40.0 Å². The van der Waals surface area contributed by atoms with Crippen molar-refractivity contribution in [3.63, 3.8) is 0 Å². The molecule has 178 valence electrons. The van der Waals surface area contributed by atoms with Crippen LogP contribution in [0.5, 0.6) is 0 Å². The molecule has 0 aliphatic carbocycles. The Labute approximate surface area is 200 Å². The molecule has 5 rings (SSSR count). The van der Waals surface area contributed by atoms with Gasteiger partial charge in [-0.05, 0) is 6.07 Å². The van der Waals surface area contributed by atoms with Crippen LogP contribution in [-0.2, 0) is 11.0 Å². The van der Waals surface area contributed by atoms with E-state index >= 15 is 0 Å². The van der Waals surface area contributed by atoms with E-state index < -0.39 is 23.3 Å². The van der Waals surface area contributed by atoms with Crippen LogP contribution in [0.3, 0.4) is 0 Å². The molecule has 9 nitrogen and oxygen atoms in total. The Morgan fingerprint density at radius 1 is 1.06 bits per heavy atom. The molecule has 35 heavy (non-hydrogen) atoms. The van der Waals surface area contributed by atoms with Crippen LogP contribution < -0.4 is 16.0 Å². The van der Waals surface area contributed by atoms with E-state index in [9.17, 15) is 18.0 Å². The summed E-state index contributed by atoms with van der Waals surface area (Å²) in [7, 11) is 1.46. The quantitative estimate of drug-likeness (QED) is 0.371. The number of thiazole rings is 1. The van der Waals surface area contributed by atoms with Gasteiger partial charge in [-0.2, -0.15) is 13.2 Å². The predicted molar refractivity (Wildman–Crippen MR) is 125 cm³/mol. The third-order valence-electron chi connectivity index (χ3n) is 4.98. The van der Waals surface area contributed by atoms with Gasteiger partial charge in [0, 0.05) is 18.2 Å². The van der Waals surface area contributed by atoms with Crippen LogP contribution in [0.2, 0.25) is 0 Å². The normalized spacial score (nSPS) is 15.6. The molecule has 1 amide bonds. The summed E-state index contributed by atoms with van der Waals surface area (Å²) >= 11 is 0.419. The molecule has 0 radical (unpaired) electrons. The number of hydrogen-bond donors (Lipinski definition) is 3. The number of nitrogens with zero attached hydrogens (tertiary/aromatic N) is 4. The Morgan fingerprint density at radius 2 is 1.80 bits per heavy atom. The lowest BCUT2D eigenvalue weighted by molar-refractivity contribution is -0.137. The number of benzene rings is 2. The Morgan fingerprint density at radius 3 is 2.54 bits per heavy atom. The predicted octanol–water partition coefficient (Wildman–Crippen LogP) is 4.48. The van der Waals surface area contributed by atoms with Gasteiger partial charge in [0.15, 0.2) is 5.69 Å². The molecule has 0 bridgehead atoms. The van der Waals surface area contributed by atoms with E-state index in [0.29, 0.717) is 22.7 Å². The largest absolute Gasteiger partial charge is 0.443 e. The smallest absolute Gasteiger partial charge is 0.402 e. The Balaban J connectivity index is 1.48. The second-order valence-corrected chi connectivity index (χ2v) is 8.28. The lowest BCUT2D eigenvalue weighted by Gasteiger charge is -2.11. The van der Waals surface area contributed by atoms with Crippen LogP contribution >= 0.6 is 11.3 Å². The van der Waals surface area contributed by atoms with Gasteiger partial charge < -0.3 is 20.4 Å². The highest BCUT2D eigenvalue weighted by Crippen LogP contribution is 2.40. The lowest BCUT2D eigenvalue weighted by Crippen LogP contribution is -2.32. The fourth-order valence-electron chi connectivity index (χ4n) is 3.43. The maximum atomic E-state index is 13.1. The van der Waals surface area contributed by atoms with Crippen LogP contribution in [0.4, 0.5) is 29.9 Å². The lowest BCUT2D eigenvalue weighted by atomic mass is 10.0. The summed E-state index contributed by atoms with van der Waals surface area (Å²) in [6.45, 7) is 0. The Hall–Kier alpha value is -4.26. The zero-order chi connectivity index (χ0) is 24.6. The first-order valence-corrected chi connectivity index (χ1v) is 11.0. The molecule has 3 heterocycles. The number of carbonyl (C=O) groups is 1. The number of aromatic nitrogens is 3. The van der Waals surface area contributed by atoms with Gasteiger partial charge in [-0.25, -0.2) is 9.98 Å². The van der Waals surface area contributed by atoms with Crippen molar-refractivity contribution in [3.8, 4) is 11.6 Å². The van der Waals surface area contributed by atoms with Crippen molar-refractivity contribution >= 4 is 39.7 Å². The number of aliphatic imine (C=N–C) groups is 1. The number of alkyl halides is 3. The van der Waals surface area contributed by atoms with Crippen LogP contribution in [0.25, 0.3) is 11.6 Å². The standard InChI is InChI=1S/C22H16F3N7O2S/c1-26-19-15(29-20(35-19)22(23,24)25)18-31-32-21(34-18)30-16-17(33)27-13-10-6-5-9-12(13)14(28-16)11-7-3-2-4-8-11/h2-10,16,26H,1H3,(H,27,33)(H,30,32)/t16-/m1/s1. The zero-order valence-corrected chi connectivity index (χ0v) is 18.7. The zero-order valence-electron chi connectivity index (χ0n) is 17.9. The molecule has 4 aromatic rings. The summed E-state index contributed by atoms with van der Waals surface area (Å²) in [5, 5.41) is 14.9. The number of para-hydroxylation sites is 1. The second-order valence-electron chi connectivity index (χ2n) is 7.28. The monoisotopic (exact) mass is 499 g/mol. The minimum atomic E-state index is -4.62. The van der Waals surface area contributed by atoms with Gasteiger partial charge in [-0.15, -0.1) is 5.10 Å². The molecule has 1 aliphatic heterocycles. The van der Waals surface area contributed by atoms with Gasteiger partial charge in [-0.1, -0.05) is 65.0 Å². The highest BCUT2D eigenvalue weighted by atomic mass is 32.1. The van der Waals surface area contributed by atoms with Crippen LogP contribution in [0, 0.1) is 0 Å². The summed E-state index contributed by atoms with van der Waals surface area (Å²) in [6.07, 6.45) is -5.78. The minimum Gasteiger partial charge on any atom is -0.402 e. The first kappa shape index (κ1) is 22.5. The fourth-order valence-corrected chi connectivity index (χ4v) is 4.21. The van der Waals surface area contributed by atoms with E-state index in [4.69, 9.17) is 4.42 Å². The Bertz CT molecular complexity index is 1420. The van der Waals surface area contributed by atoms with E-state index in [2.05, 4.69) is 36.1 Å². The number of benzodiazepines with no additional fused rings is 1. The summed E-state index contributed by atoms with van der Waals surface area (Å²) in [4.78, 5) is 21.1. The summed E-state index contributed by atoms with van der Waals surface area (Å²) < 4.78 is 44.8. The third kappa shape index (κ3) is 4.45. The molecule has 2 aromatic heterocycles. The van der Waals surface area contributed by atoms with E-state index in [1.165, 1.54) is 7.05 Å². The maximum Gasteiger partial charge on any atom is 0.443 e. The maximum absolute atomic E-state index is 13.1. The van der Waals surface area contributed by atoms with Gasteiger partial charge >= 0.3 is 12.2 Å². The van der Waals surface area contributed by atoms with E-state index in [1.54, 1.807) is 12.1 Å². The van der Waals surface area contributed by atoms with Crippen molar-refractivity contribution < 1.29 is 22.4 Å². The van der Waals surface area contributed by atoms with Crippen molar-refractivity contribution in [2.24, 2.45) is 4.99 Å². The Kier molecular flexibility index (Phi) is 5.68. The fraction of sp³-hybridized carbons (Fsp3) is 0.136. The van der Waals surface area contributed by atoms with Gasteiger partial charge in [0.25, 0.3) is 11.8 Å². The summed E-state index contributed by atoms with van der Waals surface area (Å²) in [6, 6.07) is 16.4. The summed E-state index contributed by atoms with van der Waals surface area (Å²) in [5.74, 6) is -0.722. The van der Waals surface area contributed by atoms with Crippen molar-refractivity contribution in [2.45, 2.75) is 12.3 Å². The number of halogens is 3. The first-order valence-electron chi connectivity index (χ1n) is 10.2.